The van der Waals surface area contributed by atoms with Gasteiger partial charge in [-0.1, -0.05) is 102 Å². The van der Waals surface area contributed by atoms with Crippen LogP contribution >= 0.6 is 0 Å². The average Bonchev–Trinajstić information content (AvgIpc) is 2.71. The van der Waals surface area contributed by atoms with Crippen molar-refractivity contribution in [1.29, 1.82) is 0 Å². The summed E-state index contributed by atoms with van der Waals surface area (Å²) in [6, 6.07) is 10.6. The van der Waals surface area contributed by atoms with E-state index in [1.165, 1.54) is 76.7 Å². The van der Waals surface area contributed by atoms with E-state index in [1.807, 2.05) is 18.2 Å². The molecule has 0 bridgehead atoms. The van der Waals surface area contributed by atoms with Crippen molar-refractivity contribution in [2.75, 3.05) is 0 Å². The van der Waals surface area contributed by atoms with E-state index in [9.17, 15) is 9.59 Å². The molecule has 0 aliphatic heterocycles. The Morgan fingerprint density at radius 3 is 1.83 bits per heavy atom. The summed E-state index contributed by atoms with van der Waals surface area (Å²) in [5.41, 5.74) is 0.337. The smallest absolute Gasteiger partial charge is 0.336 e. The highest BCUT2D eigenvalue weighted by atomic mass is 16.4. The molecule has 1 aromatic carbocycles. The molecule has 0 unspecified atom stereocenters. The van der Waals surface area contributed by atoms with Gasteiger partial charge in [0.25, 0.3) is 0 Å². The second kappa shape index (κ2) is 16.8. The van der Waals surface area contributed by atoms with E-state index in [4.69, 9.17) is 9.52 Å². The molecule has 162 valence electrons. The number of fused-ring (bicyclic) bond motifs is 1. The highest BCUT2D eigenvalue weighted by Crippen LogP contribution is 2.13. The van der Waals surface area contributed by atoms with Crippen molar-refractivity contribution >= 4 is 16.9 Å². The first kappa shape index (κ1) is 24.9. The van der Waals surface area contributed by atoms with Crippen molar-refractivity contribution < 1.29 is 14.3 Å². The fourth-order valence-corrected chi connectivity index (χ4v) is 3.31. The molecule has 4 heteroatoms. The summed E-state index contributed by atoms with van der Waals surface area (Å²) in [4.78, 5) is 21.0. The van der Waals surface area contributed by atoms with Crippen molar-refractivity contribution in [2.45, 2.75) is 96.8 Å². The minimum absolute atomic E-state index is 0.302. The highest BCUT2D eigenvalue weighted by molar-refractivity contribution is 5.75. The second-order valence-electron chi connectivity index (χ2n) is 7.68. The molecule has 0 saturated heterocycles. The summed E-state index contributed by atoms with van der Waals surface area (Å²) in [7, 11) is 0. The van der Waals surface area contributed by atoms with Crippen molar-refractivity contribution in [3.05, 3.63) is 46.8 Å². The van der Waals surface area contributed by atoms with E-state index < -0.39 is 5.97 Å². The van der Waals surface area contributed by atoms with Crippen molar-refractivity contribution in [3.63, 3.8) is 0 Å². The van der Waals surface area contributed by atoms with Crippen LogP contribution in [0.5, 0.6) is 0 Å². The summed E-state index contributed by atoms with van der Waals surface area (Å²) in [5.74, 6) is -0.655. The number of para-hydroxylation sites is 1. The number of unbranched alkanes of at least 4 members (excludes halogenated alkanes) is 12. The Kier molecular flexibility index (Phi) is 14.5. The predicted octanol–water partition coefficient (Wildman–Crippen LogP) is 7.35. The third kappa shape index (κ3) is 13.7. The number of rotatable bonds is 14. The first-order valence-electron chi connectivity index (χ1n) is 11.3. The Balaban J connectivity index is 0.000000321. The van der Waals surface area contributed by atoms with E-state index in [2.05, 4.69) is 6.92 Å². The van der Waals surface area contributed by atoms with Gasteiger partial charge in [0, 0.05) is 17.9 Å². The minimum atomic E-state index is -0.655. The Labute approximate surface area is 175 Å². The number of carboxylic acids is 1. The summed E-state index contributed by atoms with van der Waals surface area (Å²) in [6.07, 6.45) is 17.3. The summed E-state index contributed by atoms with van der Waals surface area (Å²) < 4.78 is 4.91. The molecule has 1 N–H and O–H groups in total. The van der Waals surface area contributed by atoms with Crippen LogP contribution in [-0.2, 0) is 4.79 Å². The van der Waals surface area contributed by atoms with Crippen LogP contribution in [0, 0.1) is 0 Å². The zero-order valence-electron chi connectivity index (χ0n) is 18.0. The molecule has 2 aromatic rings. The van der Waals surface area contributed by atoms with Gasteiger partial charge in [-0.15, -0.1) is 0 Å². The standard InChI is InChI=1S/C16H32O2.C9H6O2/c1-2-3-4-5-6-7-8-9-10-11-12-13-14-15-16(17)18;10-9-6-5-7-3-1-2-4-8(7)11-9/h2-15H2,1H3,(H,17,18);1-6H. The van der Waals surface area contributed by atoms with Crippen LogP contribution in [0.15, 0.2) is 45.6 Å². The lowest BCUT2D eigenvalue weighted by atomic mass is 10.0. The largest absolute Gasteiger partial charge is 0.481 e. The molecule has 2 rings (SSSR count). The van der Waals surface area contributed by atoms with Gasteiger partial charge in [-0.05, 0) is 18.6 Å². The quantitative estimate of drug-likeness (QED) is 0.265. The molecular weight excluding hydrogens is 364 g/mol. The normalized spacial score (nSPS) is 10.5. The van der Waals surface area contributed by atoms with Gasteiger partial charge in [0.15, 0.2) is 0 Å². The molecule has 1 heterocycles. The maximum atomic E-state index is 10.7. The fourth-order valence-electron chi connectivity index (χ4n) is 3.31. The molecule has 0 aliphatic rings. The van der Waals surface area contributed by atoms with Crippen molar-refractivity contribution in [3.8, 4) is 0 Å². The predicted molar refractivity (Wildman–Crippen MR) is 120 cm³/mol. The molecule has 0 fully saturated rings. The number of hydrogen-bond donors (Lipinski definition) is 1. The topological polar surface area (TPSA) is 67.5 Å². The van der Waals surface area contributed by atoms with Crippen LogP contribution in [-0.4, -0.2) is 11.1 Å². The van der Waals surface area contributed by atoms with Crippen LogP contribution < -0.4 is 5.63 Å². The lowest BCUT2D eigenvalue weighted by molar-refractivity contribution is -0.137. The number of carboxylic acid groups (broad SMARTS) is 1. The SMILES string of the molecule is CCCCCCCCCCCCCCCC(=O)O.O=c1ccc2ccccc2o1. The Morgan fingerprint density at radius 1 is 0.759 bits per heavy atom. The van der Waals surface area contributed by atoms with Crippen LogP contribution in [0.1, 0.15) is 96.8 Å². The van der Waals surface area contributed by atoms with Crippen LogP contribution in [0.25, 0.3) is 11.0 Å². The minimum Gasteiger partial charge on any atom is -0.481 e. The summed E-state index contributed by atoms with van der Waals surface area (Å²) in [5, 5.41) is 9.44. The van der Waals surface area contributed by atoms with Crippen LogP contribution in [0.4, 0.5) is 0 Å². The van der Waals surface area contributed by atoms with E-state index in [0.717, 1.165) is 18.2 Å². The lowest BCUT2D eigenvalue weighted by Crippen LogP contribution is -1.93. The third-order valence-corrected chi connectivity index (χ3v) is 5.02. The first-order valence-corrected chi connectivity index (χ1v) is 11.3. The van der Waals surface area contributed by atoms with Crippen LogP contribution in [0.3, 0.4) is 0 Å². The molecule has 1 aromatic heterocycles. The number of benzene rings is 1. The van der Waals surface area contributed by atoms with E-state index in [-0.39, 0.29) is 5.63 Å². The van der Waals surface area contributed by atoms with Gasteiger partial charge in [-0.3, -0.25) is 4.79 Å². The summed E-state index contributed by atoms with van der Waals surface area (Å²) in [6.45, 7) is 2.26. The number of aliphatic carboxylic acids is 1. The van der Waals surface area contributed by atoms with Gasteiger partial charge < -0.3 is 9.52 Å². The van der Waals surface area contributed by atoms with Gasteiger partial charge in [0.05, 0.1) is 0 Å². The molecule has 4 nitrogen and oxygen atoms in total. The Bertz CT molecular complexity index is 720. The van der Waals surface area contributed by atoms with E-state index in [1.54, 1.807) is 12.1 Å². The number of carbonyl (C=O) groups is 1. The Morgan fingerprint density at radius 2 is 1.28 bits per heavy atom. The molecular formula is C25H38O4. The van der Waals surface area contributed by atoms with Gasteiger partial charge in [0.1, 0.15) is 5.58 Å². The molecule has 0 saturated carbocycles. The average molecular weight is 403 g/mol. The van der Waals surface area contributed by atoms with E-state index >= 15 is 0 Å². The second-order valence-corrected chi connectivity index (χ2v) is 7.68. The fraction of sp³-hybridized carbons (Fsp3) is 0.600. The van der Waals surface area contributed by atoms with Crippen molar-refractivity contribution in [2.24, 2.45) is 0 Å². The maximum Gasteiger partial charge on any atom is 0.336 e. The van der Waals surface area contributed by atoms with Crippen LogP contribution in [0.2, 0.25) is 0 Å². The van der Waals surface area contributed by atoms with Gasteiger partial charge in [-0.25, -0.2) is 4.79 Å². The Hall–Kier alpha value is -2.10. The zero-order valence-corrected chi connectivity index (χ0v) is 18.0. The monoisotopic (exact) mass is 402 g/mol. The number of hydrogen-bond acceptors (Lipinski definition) is 3. The van der Waals surface area contributed by atoms with Gasteiger partial charge in [-0.2, -0.15) is 0 Å². The highest BCUT2D eigenvalue weighted by Gasteiger charge is 1.97. The molecule has 0 radical (unpaired) electrons. The van der Waals surface area contributed by atoms with E-state index in [0.29, 0.717) is 12.0 Å². The van der Waals surface area contributed by atoms with Crippen molar-refractivity contribution in [1.82, 2.24) is 0 Å². The molecule has 0 aliphatic carbocycles. The lowest BCUT2D eigenvalue weighted by Gasteiger charge is -2.02. The maximum absolute atomic E-state index is 10.7. The van der Waals surface area contributed by atoms with Gasteiger partial charge in [0.2, 0.25) is 0 Å². The molecule has 29 heavy (non-hydrogen) atoms. The summed E-state index contributed by atoms with van der Waals surface area (Å²) >= 11 is 0. The molecule has 0 spiro atoms. The third-order valence-electron chi connectivity index (χ3n) is 5.02. The first-order chi connectivity index (χ1) is 14.1. The molecule has 0 amide bonds. The van der Waals surface area contributed by atoms with Gasteiger partial charge >= 0.3 is 11.6 Å². The zero-order chi connectivity index (χ0) is 21.2. The molecule has 0 atom stereocenters.